The average molecular weight is 217 g/mol. The molecule has 0 aromatic carbocycles. The Balaban J connectivity index is 2.12. The van der Waals surface area contributed by atoms with Gasteiger partial charge in [-0.05, 0) is 12.1 Å². The number of amides is 1. The van der Waals surface area contributed by atoms with E-state index in [0.717, 1.165) is 5.69 Å². The Bertz CT molecular complexity index is 413. The summed E-state index contributed by atoms with van der Waals surface area (Å²) in [6, 6.07) is 7.04. The lowest BCUT2D eigenvalue weighted by molar-refractivity contribution is -0.146. The Labute approximate surface area is 93.3 Å². The molecule has 1 atom stereocenters. The monoisotopic (exact) mass is 217 g/mol. The second-order valence-corrected chi connectivity index (χ2v) is 3.50. The van der Waals surface area contributed by atoms with Gasteiger partial charge in [0.25, 0.3) is 0 Å². The molecule has 0 N–H and O–H groups in total. The van der Waals surface area contributed by atoms with Crippen molar-refractivity contribution in [2.45, 2.75) is 12.6 Å². The van der Waals surface area contributed by atoms with Crippen LogP contribution in [0.3, 0.4) is 0 Å². The highest BCUT2D eigenvalue weighted by Crippen LogP contribution is 2.11. The quantitative estimate of drug-likeness (QED) is 0.716. The minimum atomic E-state index is -0.511. The summed E-state index contributed by atoms with van der Waals surface area (Å²) in [6.07, 6.45) is 1.67. The van der Waals surface area contributed by atoms with Crippen molar-refractivity contribution in [2.24, 2.45) is 0 Å². The van der Waals surface area contributed by atoms with Gasteiger partial charge in [0.1, 0.15) is 12.6 Å². The zero-order valence-corrected chi connectivity index (χ0v) is 8.67. The third kappa shape index (κ3) is 2.18. The zero-order chi connectivity index (χ0) is 11.4. The van der Waals surface area contributed by atoms with E-state index in [0.29, 0.717) is 6.54 Å². The minimum Gasteiger partial charge on any atom is -0.368 e. The molecule has 5 heteroatoms. The number of carbonyl (C=O) groups excluding carboxylic acids is 1. The fraction of sp³-hybridized carbons (Fsp3) is 0.364. The van der Waals surface area contributed by atoms with Gasteiger partial charge in [-0.15, -0.1) is 0 Å². The number of carbonyl (C=O) groups is 1. The zero-order valence-electron chi connectivity index (χ0n) is 8.67. The molecule has 5 nitrogen and oxygen atoms in total. The Morgan fingerprint density at radius 1 is 1.62 bits per heavy atom. The standard InChI is InChI=1S/C11H11N3O2/c12-5-10-7-16-8-11(15)14(10)6-9-3-1-2-4-13-9/h1-4,10H,6-8H2. The molecule has 0 bridgehead atoms. The highest BCUT2D eigenvalue weighted by Gasteiger charge is 2.28. The Morgan fingerprint density at radius 2 is 2.50 bits per heavy atom. The van der Waals surface area contributed by atoms with E-state index in [1.54, 1.807) is 6.20 Å². The lowest BCUT2D eigenvalue weighted by atomic mass is 10.2. The summed E-state index contributed by atoms with van der Waals surface area (Å²) in [7, 11) is 0. The largest absolute Gasteiger partial charge is 0.368 e. The first-order chi connectivity index (χ1) is 7.81. The number of hydrogen-bond donors (Lipinski definition) is 0. The van der Waals surface area contributed by atoms with Crippen molar-refractivity contribution >= 4 is 5.91 Å². The van der Waals surface area contributed by atoms with Crippen LogP contribution in [0.4, 0.5) is 0 Å². The molecule has 1 saturated heterocycles. The second kappa shape index (κ2) is 4.73. The molecule has 1 unspecified atom stereocenters. The molecule has 1 aliphatic heterocycles. The first-order valence-corrected chi connectivity index (χ1v) is 4.98. The van der Waals surface area contributed by atoms with Crippen molar-refractivity contribution < 1.29 is 9.53 Å². The summed E-state index contributed by atoms with van der Waals surface area (Å²) in [5.41, 5.74) is 0.776. The first-order valence-electron chi connectivity index (χ1n) is 4.98. The van der Waals surface area contributed by atoms with Gasteiger partial charge < -0.3 is 9.64 Å². The van der Waals surface area contributed by atoms with Crippen LogP contribution in [-0.2, 0) is 16.1 Å². The van der Waals surface area contributed by atoms with Crippen molar-refractivity contribution in [1.82, 2.24) is 9.88 Å². The van der Waals surface area contributed by atoms with Gasteiger partial charge in [0.15, 0.2) is 0 Å². The molecule has 16 heavy (non-hydrogen) atoms. The van der Waals surface area contributed by atoms with Crippen LogP contribution < -0.4 is 0 Å². The number of aromatic nitrogens is 1. The number of rotatable bonds is 2. The topological polar surface area (TPSA) is 66.2 Å². The van der Waals surface area contributed by atoms with Crippen LogP contribution in [0.1, 0.15) is 5.69 Å². The molecule has 1 aromatic rings. The van der Waals surface area contributed by atoms with Gasteiger partial charge in [-0.1, -0.05) is 6.07 Å². The van der Waals surface area contributed by atoms with Crippen molar-refractivity contribution in [3.05, 3.63) is 30.1 Å². The Kier molecular flexibility index (Phi) is 3.13. The molecule has 1 amide bonds. The fourth-order valence-electron chi connectivity index (χ4n) is 1.58. The fourth-order valence-corrected chi connectivity index (χ4v) is 1.58. The normalized spacial score (nSPS) is 20.6. The van der Waals surface area contributed by atoms with Crippen molar-refractivity contribution in [3.8, 4) is 6.07 Å². The molecule has 0 saturated carbocycles. The molecular weight excluding hydrogens is 206 g/mol. The van der Waals surface area contributed by atoms with Crippen LogP contribution >= 0.6 is 0 Å². The maximum Gasteiger partial charge on any atom is 0.250 e. The van der Waals surface area contributed by atoms with Crippen LogP contribution in [0.25, 0.3) is 0 Å². The number of pyridine rings is 1. The van der Waals surface area contributed by atoms with Crippen molar-refractivity contribution in [1.29, 1.82) is 5.26 Å². The number of nitrogens with zero attached hydrogens (tertiary/aromatic N) is 3. The van der Waals surface area contributed by atoms with E-state index in [2.05, 4.69) is 11.1 Å². The van der Waals surface area contributed by atoms with Gasteiger partial charge in [0, 0.05) is 6.20 Å². The maximum atomic E-state index is 11.6. The first kappa shape index (κ1) is 10.6. The molecule has 1 aromatic heterocycles. The van der Waals surface area contributed by atoms with Crippen LogP contribution in [0, 0.1) is 11.3 Å². The predicted octanol–water partition coefficient (Wildman–Crippen LogP) is 0.333. The van der Waals surface area contributed by atoms with Crippen molar-refractivity contribution in [2.75, 3.05) is 13.2 Å². The Hall–Kier alpha value is -1.93. The van der Waals surface area contributed by atoms with Crippen LogP contribution in [0.2, 0.25) is 0 Å². The number of ether oxygens (including phenoxy) is 1. The van der Waals surface area contributed by atoms with E-state index >= 15 is 0 Å². The van der Waals surface area contributed by atoms with Gasteiger partial charge >= 0.3 is 0 Å². The molecule has 0 radical (unpaired) electrons. The van der Waals surface area contributed by atoms with Gasteiger partial charge in [-0.3, -0.25) is 9.78 Å². The average Bonchev–Trinajstić information content (AvgIpc) is 2.33. The van der Waals surface area contributed by atoms with E-state index in [-0.39, 0.29) is 19.1 Å². The molecule has 2 heterocycles. The third-order valence-corrected chi connectivity index (χ3v) is 2.41. The van der Waals surface area contributed by atoms with E-state index in [1.807, 2.05) is 18.2 Å². The lowest BCUT2D eigenvalue weighted by Crippen LogP contribution is -2.48. The summed E-state index contributed by atoms with van der Waals surface area (Å²) < 4.78 is 5.02. The van der Waals surface area contributed by atoms with Gasteiger partial charge in [-0.2, -0.15) is 5.26 Å². The summed E-state index contributed by atoms with van der Waals surface area (Å²) in [5.74, 6) is -0.163. The molecular formula is C11H11N3O2. The molecule has 2 rings (SSSR count). The van der Waals surface area contributed by atoms with E-state index in [4.69, 9.17) is 10.00 Å². The third-order valence-electron chi connectivity index (χ3n) is 2.41. The van der Waals surface area contributed by atoms with Crippen LogP contribution in [-0.4, -0.2) is 35.0 Å². The van der Waals surface area contributed by atoms with Gasteiger partial charge in [-0.25, -0.2) is 0 Å². The van der Waals surface area contributed by atoms with E-state index < -0.39 is 6.04 Å². The summed E-state index contributed by atoms with van der Waals surface area (Å²) >= 11 is 0. The molecule has 1 aliphatic rings. The van der Waals surface area contributed by atoms with Crippen LogP contribution in [0.15, 0.2) is 24.4 Å². The highest BCUT2D eigenvalue weighted by atomic mass is 16.5. The summed E-state index contributed by atoms with van der Waals surface area (Å²) in [4.78, 5) is 17.2. The van der Waals surface area contributed by atoms with Gasteiger partial charge in [0.05, 0.1) is 24.9 Å². The SMILES string of the molecule is N#CC1COCC(=O)N1Cc1ccccn1. The number of hydrogen-bond acceptors (Lipinski definition) is 4. The van der Waals surface area contributed by atoms with Crippen LogP contribution in [0.5, 0.6) is 0 Å². The van der Waals surface area contributed by atoms with E-state index in [9.17, 15) is 4.79 Å². The lowest BCUT2D eigenvalue weighted by Gasteiger charge is -2.30. The maximum absolute atomic E-state index is 11.6. The molecule has 82 valence electrons. The molecule has 0 aliphatic carbocycles. The summed E-state index contributed by atoms with van der Waals surface area (Å²) in [6.45, 7) is 0.682. The predicted molar refractivity (Wildman–Crippen MR) is 55.0 cm³/mol. The minimum absolute atomic E-state index is 0.0466. The number of nitriles is 1. The number of morpholine rings is 1. The molecule has 1 fully saturated rings. The van der Waals surface area contributed by atoms with Gasteiger partial charge in [0.2, 0.25) is 5.91 Å². The highest BCUT2D eigenvalue weighted by molar-refractivity contribution is 5.78. The second-order valence-electron chi connectivity index (χ2n) is 3.50. The Morgan fingerprint density at radius 3 is 3.19 bits per heavy atom. The van der Waals surface area contributed by atoms with E-state index in [1.165, 1.54) is 4.90 Å². The molecule has 0 spiro atoms. The van der Waals surface area contributed by atoms with Crippen molar-refractivity contribution in [3.63, 3.8) is 0 Å². The summed E-state index contributed by atoms with van der Waals surface area (Å²) in [5, 5.41) is 8.91. The smallest absolute Gasteiger partial charge is 0.250 e.